The molecule has 27 heavy (non-hydrogen) atoms. The van der Waals surface area contributed by atoms with Crippen molar-refractivity contribution >= 4 is 28.4 Å². The minimum atomic E-state index is -0.214. The van der Waals surface area contributed by atoms with E-state index in [1.165, 1.54) is 10.9 Å². The molecule has 3 aromatic rings. The van der Waals surface area contributed by atoms with Crippen molar-refractivity contribution < 1.29 is 9.59 Å². The number of hydrogen-bond acceptors (Lipinski definition) is 2. The quantitative estimate of drug-likeness (QED) is 0.596. The SMILES string of the molecule is Cc1cccc(NC(=O)CNC(=O)CCCc2c[nH]c3ccccc23)c1C. The molecule has 0 radical (unpaired) electrons. The fourth-order valence-corrected chi connectivity index (χ4v) is 3.13. The molecular weight excluding hydrogens is 338 g/mol. The van der Waals surface area contributed by atoms with Crippen LogP contribution in [0.4, 0.5) is 5.69 Å². The van der Waals surface area contributed by atoms with Gasteiger partial charge in [-0.05, 0) is 55.5 Å². The summed E-state index contributed by atoms with van der Waals surface area (Å²) in [6.45, 7) is 3.95. The van der Waals surface area contributed by atoms with E-state index < -0.39 is 0 Å². The van der Waals surface area contributed by atoms with Crippen LogP contribution in [-0.4, -0.2) is 23.3 Å². The zero-order valence-corrected chi connectivity index (χ0v) is 15.8. The number of fused-ring (bicyclic) bond motifs is 1. The van der Waals surface area contributed by atoms with Crippen LogP contribution < -0.4 is 10.6 Å². The summed E-state index contributed by atoms with van der Waals surface area (Å²) in [5.74, 6) is -0.320. The third kappa shape index (κ3) is 4.76. The highest BCUT2D eigenvalue weighted by Crippen LogP contribution is 2.19. The summed E-state index contributed by atoms with van der Waals surface area (Å²) in [6.07, 6.45) is 3.97. The first-order valence-corrected chi connectivity index (χ1v) is 9.22. The molecule has 0 saturated carbocycles. The molecule has 2 amide bonds. The van der Waals surface area contributed by atoms with Gasteiger partial charge in [-0.15, -0.1) is 0 Å². The van der Waals surface area contributed by atoms with Crippen molar-refractivity contribution in [3.63, 3.8) is 0 Å². The number of carbonyl (C=O) groups excluding carboxylic acids is 2. The summed E-state index contributed by atoms with van der Waals surface area (Å²) in [7, 11) is 0. The first kappa shape index (κ1) is 18.7. The molecule has 0 aliphatic heterocycles. The zero-order chi connectivity index (χ0) is 19.2. The number of aryl methyl sites for hydroxylation is 2. The molecule has 0 atom stereocenters. The number of anilines is 1. The minimum Gasteiger partial charge on any atom is -0.361 e. The second-order valence-corrected chi connectivity index (χ2v) is 6.79. The Bertz CT molecular complexity index is 959. The van der Waals surface area contributed by atoms with Crippen molar-refractivity contribution in [2.45, 2.75) is 33.1 Å². The number of nitrogens with one attached hydrogen (secondary N) is 3. The van der Waals surface area contributed by atoms with Crippen LogP contribution in [0.3, 0.4) is 0 Å². The van der Waals surface area contributed by atoms with E-state index in [2.05, 4.69) is 21.7 Å². The maximum Gasteiger partial charge on any atom is 0.243 e. The van der Waals surface area contributed by atoms with E-state index in [0.29, 0.717) is 6.42 Å². The average molecular weight is 363 g/mol. The molecule has 5 nitrogen and oxygen atoms in total. The molecule has 140 valence electrons. The monoisotopic (exact) mass is 363 g/mol. The first-order chi connectivity index (χ1) is 13.0. The Hall–Kier alpha value is -3.08. The number of benzene rings is 2. The fraction of sp³-hybridized carbons (Fsp3) is 0.273. The second-order valence-electron chi connectivity index (χ2n) is 6.79. The van der Waals surface area contributed by atoms with E-state index in [4.69, 9.17) is 0 Å². The van der Waals surface area contributed by atoms with Gasteiger partial charge in [0.25, 0.3) is 0 Å². The fourth-order valence-electron chi connectivity index (χ4n) is 3.13. The summed E-state index contributed by atoms with van der Waals surface area (Å²) in [4.78, 5) is 27.3. The van der Waals surface area contributed by atoms with Crippen LogP contribution >= 0.6 is 0 Å². The molecule has 0 aliphatic carbocycles. The number of amides is 2. The Morgan fingerprint density at radius 1 is 1.00 bits per heavy atom. The maximum absolute atomic E-state index is 12.1. The van der Waals surface area contributed by atoms with E-state index in [9.17, 15) is 9.59 Å². The van der Waals surface area contributed by atoms with Gasteiger partial charge in [-0.25, -0.2) is 0 Å². The molecule has 0 fully saturated rings. The van der Waals surface area contributed by atoms with E-state index in [-0.39, 0.29) is 18.4 Å². The Labute approximate surface area is 159 Å². The molecule has 1 heterocycles. The average Bonchev–Trinajstić information content (AvgIpc) is 3.07. The van der Waals surface area contributed by atoms with Crippen LogP contribution in [0.15, 0.2) is 48.7 Å². The molecule has 0 aliphatic rings. The van der Waals surface area contributed by atoms with Crippen molar-refractivity contribution in [3.8, 4) is 0 Å². The van der Waals surface area contributed by atoms with Gasteiger partial charge in [0.1, 0.15) is 0 Å². The molecule has 3 N–H and O–H groups in total. The topological polar surface area (TPSA) is 74.0 Å². The normalized spacial score (nSPS) is 10.7. The number of aromatic nitrogens is 1. The van der Waals surface area contributed by atoms with Gasteiger partial charge in [0.2, 0.25) is 11.8 Å². The predicted molar refractivity (Wildman–Crippen MR) is 109 cm³/mol. The lowest BCUT2D eigenvalue weighted by Gasteiger charge is -2.11. The number of H-pyrrole nitrogens is 1. The summed E-state index contributed by atoms with van der Waals surface area (Å²) >= 11 is 0. The van der Waals surface area contributed by atoms with Crippen molar-refractivity contribution in [3.05, 3.63) is 65.4 Å². The van der Waals surface area contributed by atoms with Crippen LogP contribution in [0, 0.1) is 13.8 Å². The number of rotatable bonds is 7. The number of para-hydroxylation sites is 1. The van der Waals surface area contributed by atoms with E-state index in [1.54, 1.807) is 0 Å². The molecule has 3 rings (SSSR count). The van der Waals surface area contributed by atoms with Crippen LogP contribution in [0.25, 0.3) is 10.9 Å². The summed E-state index contributed by atoms with van der Waals surface area (Å²) in [6, 6.07) is 13.9. The van der Waals surface area contributed by atoms with Crippen LogP contribution in [0.2, 0.25) is 0 Å². The molecule has 2 aromatic carbocycles. The van der Waals surface area contributed by atoms with Crippen molar-refractivity contribution in [2.75, 3.05) is 11.9 Å². The molecule has 0 bridgehead atoms. The van der Waals surface area contributed by atoms with Gasteiger partial charge in [-0.1, -0.05) is 30.3 Å². The smallest absolute Gasteiger partial charge is 0.243 e. The van der Waals surface area contributed by atoms with E-state index in [0.717, 1.165) is 35.2 Å². The van der Waals surface area contributed by atoms with E-state index in [1.807, 2.05) is 56.4 Å². The van der Waals surface area contributed by atoms with Gasteiger partial charge in [0.15, 0.2) is 0 Å². The number of aromatic amines is 1. The molecule has 5 heteroatoms. The van der Waals surface area contributed by atoms with Crippen LogP contribution in [-0.2, 0) is 16.0 Å². The molecule has 0 unspecified atom stereocenters. The Morgan fingerprint density at radius 3 is 2.67 bits per heavy atom. The van der Waals surface area contributed by atoms with Crippen molar-refractivity contribution in [1.82, 2.24) is 10.3 Å². The summed E-state index contributed by atoms with van der Waals surface area (Å²) in [5, 5.41) is 6.74. The predicted octanol–water partition coefficient (Wildman–Crippen LogP) is 3.86. The van der Waals surface area contributed by atoms with Gasteiger partial charge >= 0.3 is 0 Å². The summed E-state index contributed by atoms with van der Waals surface area (Å²) in [5.41, 5.74) is 5.27. The van der Waals surface area contributed by atoms with Gasteiger partial charge in [-0.3, -0.25) is 9.59 Å². The minimum absolute atomic E-state index is 0.0146. The molecule has 0 saturated heterocycles. The lowest BCUT2D eigenvalue weighted by atomic mass is 10.1. The maximum atomic E-state index is 12.1. The van der Waals surface area contributed by atoms with Gasteiger partial charge in [0.05, 0.1) is 6.54 Å². The lowest BCUT2D eigenvalue weighted by Crippen LogP contribution is -2.32. The van der Waals surface area contributed by atoms with Gasteiger partial charge < -0.3 is 15.6 Å². The molecule has 1 aromatic heterocycles. The third-order valence-corrected chi connectivity index (χ3v) is 4.85. The summed E-state index contributed by atoms with van der Waals surface area (Å²) < 4.78 is 0. The first-order valence-electron chi connectivity index (χ1n) is 9.22. The van der Waals surface area contributed by atoms with Crippen molar-refractivity contribution in [2.24, 2.45) is 0 Å². The van der Waals surface area contributed by atoms with E-state index >= 15 is 0 Å². The highest BCUT2D eigenvalue weighted by molar-refractivity contribution is 5.95. The highest BCUT2D eigenvalue weighted by atomic mass is 16.2. The zero-order valence-electron chi connectivity index (χ0n) is 15.8. The van der Waals surface area contributed by atoms with Crippen LogP contribution in [0.1, 0.15) is 29.5 Å². The van der Waals surface area contributed by atoms with Gasteiger partial charge in [0, 0.05) is 29.2 Å². The number of hydrogen-bond donors (Lipinski definition) is 3. The van der Waals surface area contributed by atoms with Crippen molar-refractivity contribution in [1.29, 1.82) is 0 Å². The third-order valence-electron chi connectivity index (χ3n) is 4.85. The molecule has 0 spiro atoms. The Kier molecular flexibility index (Phi) is 5.91. The Balaban J connectivity index is 1.42. The lowest BCUT2D eigenvalue weighted by molar-refractivity contribution is -0.124. The standard InChI is InChI=1S/C22H25N3O2/c1-15-7-5-11-19(16(15)2)25-22(27)14-24-21(26)12-6-8-17-13-23-20-10-4-3-9-18(17)20/h3-5,7,9-11,13,23H,6,8,12,14H2,1-2H3,(H,24,26)(H,25,27). The van der Waals surface area contributed by atoms with Gasteiger partial charge in [-0.2, -0.15) is 0 Å². The Morgan fingerprint density at radius 2 is 1.81 bits per heavy atom. The number of carbonyl (C=O) groups is 2. The molecular formula is C22H25N3O2. The largest absolute Gasteiger partial charge is 0.361 e. The van der Waals surface area contributed by atoms with Crippen LogP contribution in [0.5, 0.6) is 0 Å². The second kappa shape index (κ2) is 8.54. The highest BCUT2D eigenvalue weighted by Gasteiger charge is 2.09.